The standard InChI is InChI=1S/C11H19N3S/c1-9(2)7-12-8-10(3)15-11-13-5-4-6-14-11/h4-6,9-10,12H,7-8H2,1-3H3. The first-order valence-corrected chi connectivity index (χ1v) is 6.21. The molecule has 1 rings (SSSR count). The van der Waals surface area contributed by atoms with E-state index in [9.17, 15) is 0 Å². The van der Waals surface area contributed by atoms with Gasteiger partial charge in [-0.3, -0.25) is 0 Å². The van der Waals surface area contributed by atoms with Gasteiger partial charge in [-0.2, -0.15) is 0 Å². The number of hydrogen-bond donors (Lipinski definition) is 1. The molecule has 1 heterocycles. The van der Waals surface area contributed by atoms with Gasteiger partial charge in [0.25, 0.3) is 0 Å². The summed E-state index contributed by atoms with van der Waals surface area (Å²) in [5, 5.41) is 4.79. The van der Waals surface area contributed by atoms with Crippen LogP contribution in [0.15, 0.2) is 23.6 Å². The van der Waals surface area contributed by atoms with Crippen molar-refractivity contribution in [3.05, 3.63) is 18.5 Å². The van der Waals surface area contributed by atoms with Crippen molar-refractivity contribution >= 4 is 11.8 Å². The molecule has 0 saturated heterocycles. The molecule has 84 valence electrons. The normalized spacial score (nSPS) is 13.1. The molecule has 0 bridgehead atoms. The molecule has 15 heavy (non-hydrogen) atoms. The fraction of sp³-hybridized carbons (Fsp3) is 0.636. The molecule has 0 radical (unpaired) electrons. The van der Waals surface area contributed by atoms with Crippen LogP contribution in [-0.2, 0) is 0 Å². The predicted octanol–water partition coefficient (Wildman–Crippen LogP) is 2.20. The Morgan fingerprint density at radius 3 is 2.47 bits per heavy atom. The number of thioether (sulfide) groups is 1. The summed E-state index contributed by atoms with van der Waals surface area (Å²) in [5.74, 6) is 0.704. The lowest BCUT2D eigenvalue weighted by Crippen LogP contribution is -2.26. The van der Waals surface area contributed by atoms with Crippen LogP contribution in [0, 0.1) is 5.92 Å². The first kappa shape index (κ1) is 12.5. The summed E-state index contributed by atoms with van der Waals surface area (Å²) < 4.78 is 0. The molecule has 0 fully saturated rings. The quantitative estimate of drug-likeness (QED) is 0.595. The minimum atomic E-state index is 0.506. The zero-order valence-electron chi connectivity index (χ0n) is 9.60. The monoisotopic (exact) mass is 225 g/mol. The maximum Gasteiger partial charge on any atom is 0.187 e. The van der Waals surface area contributed by atoms with Gasteiger partial charge in [-0.25, -0.2) is 9.97 Å². The molecule has 0 aliphatic rings. The number of hydrogen-bond acceptors (Lipinski definition) is 4. The third kappa shape index (κ3) is 5.74. The highest BCUT2D eigenvalue weighted by Gasteiger charge is 2.05. The second-order valence-electron chi connectivity index (χ2n) is 4.01. The summed E-state index contributed by atoms with van der Waals surface area (Å²) in [6.07, 6.45) is 3.56. The van der Waals surface area contributed by atoms with Gasteiger partial charge in [0.2, 0.25) is 0 Å². The molecule has 1 aromatic heterocycles. The molecule has 1 aromatic rings. The molecule has 0 aliphatic carbocycles. The SMILES string of the molecule is CC(C)CNCC(C)Sc1ncccn1. The summed E-state index contributed by atoms with van der Waals surface area (Å²) in [6, 6.07) is 1.84. The summed E-state index contributed by atoms with van der Waals surface area (Å²) in [7, 11) is 0. The highest BCUT2D eigenvalue weighted by Crippen LogP contribution is 2.17. The molecule has 0 aliphatic heterocycles. The van der Waals surface area contributed by atoms with Gasteiger partial charge in [0.15, 0.2) is 5.16 Å². The Morgan fingerprint density at radius 1 is 1.20 bits per heavy atom. The smallest absolute Gasteiger partial charge is 0.187 e. The summed E-state index contributed by atoms with van der Waals surface area (Å²) in [6.45, 7) is 8.69. The van der Waals surface area contributed by atoms with Gasteiger partial charge in [0.1, 0.15) is 0 Å². The van der Waals surface area contributed by atoms with Crippen LogP contribution in [0.25, 0.3) is 0 Å². The van der Waals surface area contributed by atoms with E-state index < -0.39 is 0 Å². The Balaban J connectivity index is 2.21. The number of aromatic nitrogens is 2. The molecule has 0 spiro atoms. The van der Waals surface area contributed by atoms with Gasteiger partial charge in [0.05, 0.1) is 0 Å². The lowest BCUT2D eigenvalue weighted by atomic mass is 10.2. The molecule has 1 atom stereocenters. The zero-order chi connectivity index (χ0) is 11.1. The topological polar surface area (TPSA) is 37.8 Å². The molecule has 1 unspecified atom stereocenters. The number of rotatable bonds is 6. The fourth-order valence-electron chi connectivity index (χ4n) is 1.14. The van der Waals surface area contributed by atoms with E-state index in [0.29, 0.717) is 11.2 Å². The minimum Gasteiger partial charge on any atom is -0.315 e. The van der Waals surface area contributed by atoms with Gasteiger partial charge in [-0.1, -0.05) is 32.5 Å². The summed E-state index contributed by atoms with van der Waals surface area (Å²) >= 11 is 1.71. The Kier molecular flexibility index (Phi) is 5.65. The fourth-order valence-corrected chi connectivity index (χ4v) is 1.95. The van der Waals surface area contributed by atoms with Crippen LogP contribution in [0.4, 0.5) is 0 Å². The van der Waals surface area contributed by atoms with Crippen LogP contribution in [0.5, 0.6) is 0 Å². The van der Waals surface area contributed by atoms with E-state index in [-0.39, 0.29) is 0 Å². The van der Waals surface area contributed by atoms with Crippen molar-refractivity contribution in [2.75, 3.05) is 13.1 Å². The third-order valence-electron chi connectivity index (χ3n) is 1.83. The van der Waals surface area contributed by atoms with E-state index >= 15 is 0 Å². The molecule has 4 heteroatoms. The second kappa shape index (κ2) is 6.80. The van der Waals surface area contributed by atoms with Crippen molar-refractivity contribution in [1.82, 2.24) is 15.3 Å². The summed E-state index contributed by atoms with van der Waals surface area (Å²) in [4.78, 5) is 8.37. The van der Waals surface area contributed by atoms with Crippen molar-refractivity contribution in [1.29, 1.82) is 0 Å². The van der Waals surface area contributed by atoms with Crippen molar-refractivity contribution in [3.63, 3.8) is 0 Å². The molecular weight excluding hydrogens is 206 g/mol. The van der Waals surface area contributed by atoms with E-state index in [1.54, 1.807) is 24.2 Å². The second-order valence-corrected chi connectivity index (χ2v) is 5.42. The Hall–Kier alpha value is -0.610. The van der Waals surface area contributed by atoms with E-state index in [1.807, 2.05) is 6.07 Å². The van der Waals surface area contributed by atoms with Gasteiger partial charge in [-0.15, -0.1) is 0 Å². The largest absolute Gasteiger partial charge is 0.315 e. The molecule has 3 nitrogen and oxygen atoms in total. The highest BCUT2D eigenvalue weighted by molar-refractivity contribution is 7.99. The number of nitrogens with one attached hydrogen (secondary N) is 1. The van der Waals surface area contributed by atoms with E-state index in [0.717, 1.165) is 18.2 Å². The van der Waals surface area contributed by atoms with Crippen LogP contribution in [0.2, 0.25) is 0 Å². The van der Waals surface area contributed by atoms with Crippen molar-refractivity contribution < 1.29 is 0 Å². The van der Waals surface area contributed by atoms with Gasteiger partial charge in [-0.05, 0) is 18.5 Å². The first-order valence-electron chi connectivity index (χ1n) is 5.33. The molecule has 0 saturated carbocycles. The van der Waals surface area contributed by atoms with E-state index in [2.05, 4.69) is 36.1 Å². The predicted molar refractivity (Wildman–Crippen MR) is 65.1 cm³/mol. The summed E-state index contributed by atoms with van der Waals surface area (Å²) in [5.41, 5.74) is 0. The van der Waals surface area contributed by atoms with Crippen LogP contribution in [0.1, 0.15) is 20.8 Å². The van der Waals surface area contributed by atoms with Crippen molar-refractivity contribution in [2.24, 2.45) is 5.92 Å². The molecule has 0 aromatic carbocycles. The maximum absolute atomic E-state index is 4.19. The molecular formula is C11H19N3S. The average molecular weight is 225 g/mol. The van der Waals surface area contributed by atoms with Crippen LogP contribution >= 0.6 is 11.8 Å². The number of nitrogens with zero attached hydrogens (tertiary/aromatic N) is 2. The van der Waals surface area contributed by atoms with Crippen molar-refractivity contribution in [3.8, 4) is 0 Å². The molecule has 1 N–H and O–H groups in total. The zero-order valence-corrected chi connectivity index (χ0v) is 10.4. The Labute approximate surface area is 96.1 Å². The Bertz CT molecular complexity index is 264. The first-order chi connectivity index (χ1) is 7.18. The highest BCUT2D eigenvalue weighted by atomic mass is 32.2. The van der Waals surface area contributed by atoms with Gasteiger partial charge >= 0.3 is 0 Å². The van der Waals surface area contributed by atoms with E-state index in [1.165, 1.54) is 0 Å². The van der Waals surface area contributed by atoms with E-state index in [4.69, 9.17) is 0 Å². The lowest BCUT2D eigenvalue weighted by Gasteiger charge is -2.12. The van der Waals surface area contributed by atoms with Gasteiger partial charge < -0.3 is 5.32 Å². The van der Waals surface area contributed by atoms with Crippen LogP contribution in [0.3, 0.4) is 0 Å². The molecule has 0 amide bonds. The lowest BCUT2D eigenvalue weighted by molar-refractivity contribution is 0.553. The average Bonchev–Trinajstić information content (AvgIpc) is 2.18. The third-order valence-corrected chi connectivity index (χ3v) is 2.82. The van der Waals surface area contributed by atoms with Crippen molar-refractivity contribution in [2.45, 2.75) is 31.2 Å². The van der Waals surface area contributed by atoms with Crippen LogP contribution in [-0.4, -0.2) is 28.3 Å². The maximum atomic E-state index is 4.19. The minimum absolute atomic E-state index is 0.506. The Morgan fingerprint density at radius 2 is 1.87 bits per heavy atom. The van der Waals surface area contributed by atoms with Gasteiger partial charge in [0, 0.05) is 24.2 Å². The van der Waals surface area contributed by atoms with Crippen LogP contribution < -0.4 is 5.32 Å².